The van der Waals surface area contributed by atoms with Gasteiger partial charge in [0.2, 0.25) is 0 Å². The second kappa shape index (κ2) is 3.02. The Bertz CT molecular complexity index is 55.9. The molecule has 8 heavy (non-hydrogen) atoms. The monoisotopic (exact) mass is 121 g/mol. The van der Waals surface area contributed by atoms with Crippen molar-refractivity contribution in [2.75, 3.05) is 0 Å². The van der Waals surface area contributed by atoms with E-state index in [1.165, 1.54) is 0 Å². The molecule has 0 saturated carbocycles. The number of rotatable bonds is 1. The van der Waals surface area contributed by atoms with Crippen molar-refractivity contribution in [3.8, 4) is 0 Å². The summed E-state index contributed by atoms with van der Waals surface area (Å²) in [6.45, 7) is 5.16. The van der Waals surface area contributed by atoms with Crippen LogP contribution in [0.15, 0.2) is 0 Å². The van der Waals surface area contributed by atoms with Gasteiger partial charge in [0.15, 0.2) is 0 Å². The Balaban J connectivity index is 0. The van der Waals surface area contributed by atoms with Crippen molar-refractivity contribution in [3.63, 3.8) is 0 Å². The lowest BCUT2D eigenvalue weighted by Gasteiger charge is -2.20. The number of hydrogen-bond acceptors (Lipinski definition) is 2. The average molecular weight is 121 g/mol. The van der Waals surface area contributed by atoms with Gasteiger partial charge in [0.25, 0.3) is 0 Å². The van der Waals surface area contributed by atoms with E-state index in [9.17, 15) is 0 Å². The first kappa shape index (κ1) is 10.8. The lowest BCUT2D eigenvalue weighted by Crippen LogP contribution is -2.40. The molecule has 0 aromatic carbocycles. The first-order chi connectivity index (χ1) is 2.94. The maximum atomic E-state index is 8.97. The Kier molecular flexibility index (Phi) is 4.07. The van der Waals surface area contributed by atoms with E-state index in [4.69, 9.17) is 10.8 Å². The van der Waals surface area contributed by atoms with Crippen LogP contribution in [0.5, 0.6) is 0 Å². The SMILES string of the molecule is CC(N)C(C)(C)O.O. The third-order valence-corrected chi connectivity index (χ3v) is 1.11. The minimum absolute atomic E-state index is 0. The van der Waals surface area contributed by atoms with Crippen LogP contribution in [0.3, 0.4) is 0 Å². The lowest BCUT2D eigenvalue weighted by molar-refractivity contribution is 0.0582. The first-order valence-corrected chi connectivity index (χ1v) is 2.42. The molecule has 0 aliphatic carbocycles. The molecule has 52 valence electrons. The fourth-order valence-corrected chi connectivity index (χ4v) is 0. The summed E-state index contributed by atoms with van der Waals surface area (Å²) in [5, 5.41) is 8.97. The smallest absolute Gasteiger partial charge is 0.0739 e. The van der Waals surface area contributed by atoms with Crippen molar-refractivity contribution in [2.24, 2.45) is 5.73 Å². The molecule has 1 atom stereocenters. The number of aliphatic hydroxyl groups is 1. The zero-order valence-electron chi connectivity index (χ0n) is 5.60. The fraction of sp³-hybridized carbons (Fsp3) is 1.00. The Morgan fingerprint density at radius 1 is 1.50 bits per heavy atom. The van der Waals surface area contributed by atoms with E-state index >= 15 is 0 Å². The summed E-state index contributed by atoms with van der Waals surface area (Å²) in [5.41, 5.74) is 4.60. The molecule has 0 amide bonds. The average Bonchev–Trinajstić information content (AvgIpc) is 1.31. The van der Waals surface area contributed by atoms with Crippen LogP contribution >= 0.6 is 0 Å². The van der Waals surface area contributed by atoms with Crippen LogP contribution in [0.25, 0.3) is 0 Å². The zero-order valence-corrected chi connectivity index (χ0v) is 5.60. The van der Waals surface area contributed by atoms with Gasteiger partial charge in [-0.1, -0.05) is 0 Å². The highest BCUT2D eigenvalue weighted by Gasteiger charge is 2.16. The summed E-state index contributed by atoms with van der Waals surface area (Å²) in [4.78, 5) is 0. The normalized spacial score (nSPS) is 14.6. The van der Waals surface area contributed by atoms with Gasteiger partial charge in [-0.25, -0.2) is 0 Å². The Morgan fingerprint density at radius 2 is 1.62 bits per heavy atom. The van der Waals surface area contributed by atoms with Crippen molar-refractivity contribution in [1.82, 2.24) is 0 Å². The third-order valence-electron chi connectivity index (χ3n) is 1.11. The second-order valence-corrected chi connectivity index (χ2v) is 2.44. The molecule has 0 saturated heterocycles. The van der Waals surface area contributed by atoms with Gasteiger partial charge in [-0.2, -0.15) is 0 Å². The van der Waals surface area contributed by atoms with E-state index in [1.807, 2.05) is 0 Å². The van der Waals surface area contributed by atoms with Crippen molar-refractivity contribution in [3.05, 3.63) is 0 Å². The van der Waals surface area contributed by atoms with Gasteiger partial charge in [-0.05, 0) is 20.8 Å². The summed E-state index contributed by atoms with van der Waals surface area (Å²) in [7, 11) is 0. The largest absolute Gasteiger partial charge is 0.412 e. The highest BCUT2D eigenvalue weighted by molar-refractivity contribution is 4.74. The van der Waals surface area contributed by atoms with Gasteiger partial charge < -0.3 is 16.3 Å². The number of hydrogen-bond donors (Lipinski definition) is 2. The topological polar surface area (TPSA) is 77.8 Å². The van der Waals surface area contributed by atoms with Gasteiger partial charge >= 0.3 is 0 Å². The minimum Gasteiger partial charge on any atom is -0.412 e. The first-order valence-electron chi connectivity index (χ1n) is 2.42. The van der Waals surface area contributed by atoms with E-state index in [0.29, 0.717) is 0 Å². The van der Waals surface area contributed by atoms with Crippen LogP contribution in [0.4, 0.5) is 0 Å². The molecule has 0 aromatic rings. The van der Waals surface area contributed by atoms with Crippen LogP contribution in [0.1, 0.15) is 20.8 Å². The molecule has 0 fully saturated rings. The van der Waals surface area contributed by atoms with Crippen molar-refractivity contribution in [2.45, 2.75) is 32.4 Å². The molecule has 0 aliphatic heterocycles. The molecule has 0 rings (SSSR count). The van der Waals surface area contributed by atoms with E-state index in [-0.39, 0.29) is 11.5 Å². The van der Waals surface area contributed by atoms with E-state index in [1.54, 1.807) is 20.8 Å². The summed E-state index contributed by atoms with van der Waals surface area (Å²) in [6.07, 6.45) is 0. The van der Waals surface area contributed by atoms with Crippen LogP contribution in [0, 0.1) is 0 Å². The van der Waals surface area contributed by atoms with E-state index < -0.39 is 5.60 Å². The van der Waals surface area contributed by atoms with Crippen LogP contribution < -0.4 is 5.73 Å². The lowest BCUT2D eigenvalue weighted by atomic mass is 10.0. The van der Waals surface area contributed by atoms with Crippen LogP contribution in [-0.4, -0.2) is 22.2 Å². The Morgan fingerprint density at radius 3 is 1.62 bits per heavy atom. The molecular formula is C5H15NO2. The van der Waals surface area contributed by atoms with Crippen LogP contribution in [-0.2, 0) is 0 Å². The molecule has 0 radical (unpaired) electrons. The van der Waals surface area contributed by atoms with Gasteiger partial charge in [0.05, 0.1) is 5.60 Å². The second-order valence-electron chi connectivity index (χ2n) is 2.44. The molecule has 0 bridgehead atoms. The summed E-state index contributed by atoms with van der Waals surface area (Å²) in [5.74, 6) is 0. The minimum atomic E-state index is -0.722. The molecule has 3 nitrogen and oxygen atoms in total. The quantitative estimate of drug-likeness (QED) is 0.480. The summed E-state index contributed by atoms with van der Waals surface area (Å²) in [6, 6.07) is -0.146. The zero-order chi connectivity index (χ0) is 6.08. The van der Waals surface area contributed by atoms with Crippen LogP contribution in [0.2, 0.25) is 0 Å². The molecule has 0 aliphatic rings. The molecule has 0 spiro atoms. The van der Waals surface area contributed by atoms with Gasteiger partial charge in [0.1, 0.15) is 0 Å². The van der Waals surface area contributed by atoms with E-state index in [0.717, 1.165) is 0 Å². The molecule has 1 unspecified atom stereocenters. The molecule has 0 heterocycles. The highest BCUT2D eigenvalue weighted by Crippen LogP contribution is 2.03. The molecule has 3 heteroatoms. The predicted octanol–water partition coefficient (Wildman–Crippen LogP) is -0.720. The van der Waals surface area contributed by atoms with Crippen molar-refractivity contribution < 1.29 is 10.6 Å². The van der Waals surface area contributed by atoms with Crippen molar-refractivity contribution >= 4 is 0 Å². The number of nitrogens with two attached hydrogens (primary N) is 1. The van der Waals surface area contributed by atoms with Gasteiger partial charge in [-0.15, -0.1) is 0 Å². The summed E-state index contributed by atoms with van der Waals surface area (Å²) < 4.78 is 0. The van der Waals surface area contributed by atoms with Gasteiger partial charge in [0, 0.05) is 6.04 Å². The maximum Gasteiger partial charge on any atom is 0.0739 e. The van der Waals surface area contributed by atoms with Crippen molar-refractivity contribution in [1.29, 1.82) is 0 Å². The Labute approximate surface area is 49.8 Å². The predicted molar refractivity (Wildman–Crippen MR) is 33.6 cm³/mol. The van der Waals surface area contributed by atoms with E-state index in [2.05, 4.69) is 0 Å². The third kappa shape index (κ3) is 4.05. The highest BCUT2D eigenvalue weighted by atomic mass is 16.3. The summed E-state index contributed by atoms with van der Waals surface area (Å²) >= 11 is 0. The molecular weight excluding hydrogens is 106 g/mol. The van der Waals surface area contributed by atoms with Gasteiger partial charge in [-0.3, -0.25) is 0 Å². The standard InChI is InChI=1S/C5H13NO.H2O/c1-4(6)5(2,3)7;/h4,7H,6H2,1-3H3;1H2. The molecule has 5 N–H and O–H groups in total. The maximum absolute atomic E-state index is 8.97. The Hall–Kier alpha value is -0.120. The molecule has 0 aromatic heterocycles. The fourth-order valence-electron chi connectivity index (χ4n) is 0.